The molecule has 0 saturated heterocycles. The quantitative estimate of drug-likeness (QED) is 0.685. The second kappa shape index (κ2) is 9.97. The van der Waals surface area contributed by atoms with Gasteiger partial charge in [-0.2, -0.15) is 0 Å². The zero-order chi connectivity index (χ0) is 18.1. The minimum Gasteiger partial charge on any atom is -0.462 e. The number of nitrogens with one attached hydrogen (secondary N) is 1. The molecule has 0 bridgehead atoms. The van der Waals surface area contributed by atoms with E-state index in [0.717, 1.165) is 18.4 Å². The molecule has 0 spiro atoms. The maximum Gasteiger partial charge on any atom is 0.338 e. The summed E-state index contributed by atoms with van der Waals surface area (Å²) in [6.45, 7) is 4.84. The standard InChI is InChI=1S/C21H27NO3/c1-3-25-21(24)19-13-11-17(12-14-19)10-9-16(2)22-15-20(23)18-7-5-4-6-8-18/h4-8,11-14,16,20,22-23H,3,9-10,15H2,1-2H3/t16-,20-/m1/s1. The number of carbonyl (C=O) groups is 1. The number of hydrogen-bond donors (Lipinski definition) is 2. The van der Waals surface area contributed by atoms with Gasteiger partial charge in [-0.25, -0.2) is 4.79 Å². The summed E-state index contributed by atoms with van der Waals surface area (Å²) in [5, 5.41) is 13.5. The molecule has 0 aliphatic rings. The first-order valence-corrected chi connectivity index (χ1v) is 8.82. The number of rotatable bonds is 9. The number of aryl methyl sites for hydroxylation is 1. The van der Waals surface area contributed by atoms with E-state index in [4.69, 9.17) is 4.74 Å². The van der Waals surface area contributed by atoms with Crippen molar-refractivity contribution in [3.63, 3.8) is 0 Å². The highest BCUT2D eigenvalue weighted by Gasteiger charge is 2.10. The van der Waals surface area contributed by atoms with Crippen molar-refractivity contribution in [1.82, 2.24) is 5.32 Å². The third kappa shape index (κ3) is 6.33. The van der Waals surface area contributed by atoms with Crippen LogP contribution in [0.2, 0.25) is 0 Å². The summed E-state index contributed by atoms with van der Waals surface area (Å²) < 4.78 is 4.98. The molecule has 0 aliphatic heterocycles. The Morgan fingerprint density at radius 2 is 1.80 bits per heavy atom. The second-order valence-electron chi connectivity index (χ2n) is 6.19. The molecule has 0 heterocycles. The summed E-state index contributed by atoms with van der Waals surface area (Å²) in [4.78, 5) is 11.6. The molecule has 0 unspecified atom stereocenters. The number of benzene rings is 2. The van der Waals surface area contributed by atoms with E-state index in [2.05, 4.69) is 12.2 Å². The maximum absolute atomic E-state index is 11.6. The van der Waals surface area contributed by atoms with Crippen molar-refractivity contribution in [2.24, 2.45) is 0 Å². The molecule has 0 amide bonds. The van der Waals surface area contributed by atoms with Crippen LogP contribution in [0.5, 0.6) is 0 Å². The van der Waals surface area contributed by atoms with Crippen LogP contribution >= 0.6 is 0 Å². The minimum absolute atomic E-state index is 0.279. The highest BCUT2D eigenvalue weighted by molar-refractivity contribution is 5.89. The van der Waals surface area contributed by atoms with E-state index in [0.29, 0.717) is 24.8 Å². The van der Waals surface area contributed by atoms with Crippen LogP contribution in [0, 0.1) is 0 Å². The number of esters is 1. The van der Waals surface area contributed by atoms with E-state index < -0.39 is 6.10 Å². The van der Waals surface area contributed by atoms with Crippen molar-refractivity contribution in [1.29, 1.82) is 0 Å². The number of aliphatic hydroxyl groups excluding tert-OH is 1. The number of hydrogen-bond acceptors (Lipinski definition) is 4. The third-order valence-corrected chi connectivity index (χ3v) is 4.18. The SMILES string of the molecule is CCOC(=O)c1ccc(CC[C@@H](C)NC[C@@H](O)c2ccccc2)cc1. The minimum atomic E-state index is -0.493. The van der Waals surface area contributed by atoms with Crippen molar-refractivity contribution < 1.29 is 14.6 Å². The molecule has 0 aliphatic carbocycles. The van der Waals surface area contributed by atoms with E-state index in [9.17, 15) is 9.90 Å². The fourth-order valence-corrected chi connectivity index (χ4v) is 2.61. The summed E-state index contributed by atoms with van der Waals surface area (Å²) in [6.07, 6.45) is 1.38. The molecule has 2 atom stereocenters. The Labute approximate surface area is 149 Å². The Morgan fingerprint density at radius 1 is 1.12 bits per heavy atom. The molecular weight excluding hydrogens is 314 g/mol. The van der Waals surface area contributed by atoms with Crippen molar-refractivity contribution >= 4 is 5.97 Å². The highest BCUT2D eigenvalue weighted by atomic mass is 16.5. The van der Waals surface area contributed by atoms with Crippen LogP contribution in [0.15, 0.2) is 54.6 Å². The second-order valence-corrected chi connectivity index (χ2v) is 6.19. The van der Waals surface area contributed by atoms with Crippen molar-refractivity contribution in [3.8, 4) is 0 Å². The first kappa shape index (κ1) is 19.2. The molecular formula is C21H27NO3. The summed E-state index contributed by atoms with van der Waals surface area (Å²) in [5.41, 5.74) is 2.70. The molecule has 134 valence electrons. The van der Waals surface area contributed by atoms with Crippen LogP contribution in [0.1, 0.15) is 47.9 Å². The largest absolute Gasteiger partial charge is 0.462 e. The van der Waals surface area contributed by atoms with Gasteiger partial charge in [0.05, 0.1) is 18.3 Å². The third-order valence-electron chi connectivity index (χ3n) is 4.18. The normalized spacial score (nSPS) is 13.2. The van der Waals surface area contributed by atoms with Crippen LogP contribution in [0.4, 0.5) is 0 Å². The molecule has 0 radical (unpaired) electrons. The number of aliphatic hydroxyl groups is 1. The van der Waals surface area contributed by atoms with Crippen LogP contribution in [0.3, 0.4) is 0 Å². The summed E-state index contributed by atoms with van der Waals surface area (Å²) in [5.74, 6) is -0.279. The molecule has 0 aromatic heterocycles. The topological polar surface area (TPSA) is 58.6 Å². The molecule has 25 heavy (non-hydrogen) atoms. The van der Waals surface area contributed by atoms with E-state index in [1.807, 2.05) is 54.6 Å². The predicted octanol–water partition coefficient (Wildman–Crippen LogP) is 3.51. The van der Waals surface area contributed by atoms with Crippen molar-refractivity contribution in [2.45, 2.75) is 38.8 Å². The number of ether oxygens (including phenoxy) is 1. The number of carbonyl (C=O) groups excluding carboxylic acids is 1. The van der Waals surface area contributed by atoms with Gasteiger partial charge in [-0.3, -0.25) is 0 Å². The van der Waals surface area contributed by atoms with Crippen LogP contribution < -0.4 is 5.32 Å². The monoisotopic (exact) mass is 341 g/mol. The van der Waals surface area contributed by atoms with Gasteiger partial charge in [0.25, 0.3) is 0 Å². The molecule has 2 aromatic carbocycles. The molecule has 0 saturated carbocycles. The van der Waals surface area contributed by atoms with Crippen molar-refractivity contribution in [2.75, 3.05) is 13.2 Å². The fraction of sp³-hybridized carbons (Fsp3) is 0.381. The fourth-order valence-electron chi connectivity index (χ4n) is 2.61. The van der Waals surface area contributed by atoms with Crippen LogP contribution in [0.25, 0.3) is 0 Å². The summed E-state index contributed by atoms with van der Waals surface area (Å²) in [6, 6.07) is 17.5. The van der Waals surface area contributed by atoms with Crippen molar-refractivity contribution in [3.05, 3.63) is 71.3 Å². The van der Waals surface area contributed by atoms with Crippen LogP contribution in [-0.2, 0) is 11.2 Å². The average molecular weight is 341 g/mol. The lowest BCUT2D eigenvalue weighted by Crippen LogP contribution is -2.30. The summed E-state index contributed by atoms with van der Waals surface area (Å²) >= 11 is 0. The molecule has 4 nitrogen and oxygen atoms in total. The van der Waals surface area contributed by atoms with E-state index in [-0.39, 0.29) is 5.97 Å². The zero-order valence-electron chi connectivity index (χ0n) is 14.9. The molecule has 2 aromatic rings. The lowest BCUT2D eigenvalue weighted by molar-refractivity contribution is 0.0526. The first-order chi connectivity index (χ1) is 12.1. The molecule has 2 rings (SSSR count). The van der Waals surface area contributed by atoms with Gasteiger partial charge in [-0.1, -0.05) is 42.5 Å². The zero-order valence-corrected chi connectivity index (χ0v) is 14.9. The average Bonchev–Trinajstić information content (AvgIpc) is 2.65. The summed E-state index contributed by atoms with van der Waals surface area (Å²) in [7, 11) is 0. The van der Waals surface area contributed by atoms with E-state index >= 15 is 0 Å². The lowest BCUT2D eigenvalue weighted by atomic mass is 10.0. The smallest absolute Gasteiger partial charge is 0.338 e. The predicted molar refractivity (Wildman–Crippen MR) is 99.6 cm³/mol. The van der Waals surface area contributed by atoms with E-state index in [1.54, 1.807) is 6.92 Å². The van der Waals surface area contributed by atoms with E-state index in [1.165, 1.54) is 5.56 Å². The van der Waals surface area contributed by atoms with Gasteiger partial charge in [0.2, 0.25) is 0 Å². The van der Waals surface area contributed by atoms with Gasteiger partial charge in [0, 0.05) is 12.6 Å². The Kier molecular flexibility index (Phi) is 7.64. The molecule has 2 N–H and O–H groups in total. The van der Waals surface area contributed by atoms with Gasteiger partial charge in [-0.15, -0.1) is 0 Å². The highest BCUT2D eigenvalue weighted by Crippen LogP contribution is 2.12. The van der Waals surface area contributed by atoms with Gasteiger partial charge in [-0.05, 0) is 49.9 Å². The van der Waals surface area contributed by atoms with Gasteiger partial charge < -0.3 is 15.2 Å². The molecule has 4 heteroatoms. The maximum atomic E-state index is 11.6. The Balaban J connectivity index is 1.74. The Bertz CT molecular complexity index is 640. The van der Waals surface area contributed by atoms with Gasteiger partial charge >= 0.3 is 5.97 Å². The lowest BCUT2D eigenvalue weighted by Gasteiger charge is -2.17. The van der Waals surface area contributed by atoms with Crippen LogP contribution in [-0.4, -0.2) is 30.3 Å². The first-order valence-electron chi connectivity index (χ1n) is 8.82. The Morgan fingerprint density at radius 3 is 2.44 bits per heavy atom. The van der Waals surface area contributed by atoms with Gasteiger partial charge in [0.15, 0.2) is 0 Å². The molecule has 0 fully saturated rings. The Hall–Kier alpha value is -2.17. The van der Waals surface area contributed by atoms with Gasteiger partial charge in [0.1, 0.15) is 0 Å².